The number of benzene rings is 3. The van der Waals surface area contributed by atoms with Crippen LogP contribution in [0.4, 0.5) is 5.69 Å². The maximum atomic E-state index is 14.1. The zero-order chi connectivity index (χ0) is 24.2. The molecule has 3 aromatic rings. The van der Waals surface area contributed by atoms with Crippen LogP contribution in [0.3, 0.4) is 0 Å². The number of likely N-dealkylation sites (tertiary alicyclic amines) is 1. The molecule has 0 aromatic heterocycles. The summed E-state index contributed by atoms with van der Waals surface area (Å²) in [6, 6.07) is 27.0. The number of hydrogen-bond donors (Lipinski definition) is 1. The Hall–Kier alpha value is -3.60. The van der Waals surface area contributed by atoms with Crippen LogP contribution in [0.15, 0.2) is 84.9 Å². The van der Waals surface area contributed by atoms with E-state index < -0.39 is 17.9 Å². The Morgan fingerprint density at radius 2 is 1.43 bits per heavy atom. The van der Waals surface area contributed by atoms with Crippen LogP contribution in [0, 0.1) is 0 Å². The number of fused-ring (bicyclic) bond motifs is 1. The first-order valence-corrected chi connectivity index (χ1v) is 12.6. The second-order valence-electron chi connectivity index (χ2n) is 9.62. The summed E-state index contributed by atoms with van der Waals surface area (Å²) in [6.07, 6.45) is 4.88. The topological polar surface area (TPSA) is 60.9 Å². The number of carbonyl (C=O) groups is 2. The minimum atomic E-state index is -0.930. The number of aryl methyl sites for hydroxylation is 1. The molecule has 1 saturated heterocycles. The van der Waals surface area contributed by atoms with Gasteiger partial charge in [0.05, 0.1) is 5.92 Å². The number of carboxylic acids is 1. The Morgan fingerprint density at radius 1 is 0.800 bits per heavy atom. The molecule has 0 spiro atoms. The van der Waals surface area contributed by atoms with Crippen molar-refractivity contribution < 1.29 is 14.7 Å². The van der Waals surface area contributed by atoms with Gasteiger partial charge in [-0.3, -0.25) is 4.79 Å². The van der Waals surface area contributed by atoms with Crippen molar-refractivity contribution in [1.29, 1.82) is 0 Å². The van der Waals surface area contributed by atoms with Crippen molar-refractivity contribution in [3.05, 3.63) is 102 Å². The fourth-order valence-corrected chi connectivity index (χ4v) is 5.73. The monoisotopic (exact) mass is 468 g/mol. The van der Waals surface area contributed by atoms with Crippen LogP contribution in [0.25, 0.3) is 0 Å². The van der Waals surface area contributed by atoms with E-state index in [1.54, 1.807) is 4.90 Å². The normalized spacial score (nSPS) is 20.3. The maximum Gasteiger partial charge on any atom is 0.326 e. The molecule has 35 heavy (non-hydrogen) atoms. The zero-order valence-electron chi connectivity index (χ0n) is 19.9. The van der Waals surface area contributed by atoms with Gasteiger partial charge in [-0.1, -0.05) is 85.3 Å². The van der Waals surface area contributed by atoms with Gasteiger partial charge in [-0.25, -0.2) is 4.79 Å². The third kappa shape index (κ3) is 4.81. The Balaban J connectivity index is 1.49. The Kier molecular flexibility index (Phi) is 6.84. The van der Waals surface area contributed by atoms with E-state index in [2.05, 4.69) is 29.2 Å². The second kappa shape index (κ2) is 10.3. The Bertz CT molecular complexity index is 1120. The van der Waals surface area contributed by atoms with Gasteiger partial charge < -0.3 is 14.9 Å². The van der Waals surface area contributed by atoms with Gasteiger partial charge in [0.25, 0.3) is 0 Å². The van der Waals surface area contributed by atoms with Crippen molar-refractivity contribution in [3.8, 4) is 0 Å². The maximum absolute atomic E-state index is 14.1. The number of carboxylic acid groups (broad SMARTS) is 1. The lowest BCUT2D eigenvalue weighted by Gasteiger charge is -2.34. The van der Waals surface area contributed by atoms with Gasteiger partial charge in [0.1, 0.15) is 6.04 Å². The molecule has 2 aliphatic rings. The molecule has 2 heterocycles. The van der Waals surface area contributed by atoms with Crippen LogP contribution in [-0.2, 0) is 16.0 Å². The van der Waals surface area contributed by atoms with Gasteiger partial charge in [-0.15, -0.1) is 0 Å². The third-order valence-corrected chi connectivity index (χ3v) is 7.45. The number of aliphatic carboxylic acids is 1. The third-order valence-electron chi connectivity index (χ3n) is 7.45. The van der Waals surface area contributed by atoms with Crippen molar-refractivity contribution in [2.75, 3.05) is 18.0 Å². The molecule has 0 aliphatic carbocycles. The first kappa shape index (κ1) is 23.2. The first-order chi connectivity index (χ1) is 17.1. The van der Waals surface area contributed by atoms with Crippen LogP contribution < -0.4 is 4.90 Å². The molecule has 0 radical (unpaired) electrons. The highest BCUT2D eigenvalue weighted by molar-refractivity contribution is 5.91. The molecule has 180 valence electrons. The average Bonchev–Trinajstić information content (AvgIpc) is 3.32. The molecule has 1 amide bonds. The molecule has 5 nitrogen and oxygen atoms in total. The molecule has 3 aromatic carbocycles. The predicted octanol–water partition coefficient (Wildman–Crippen LogP) is 5.11. The molecule has 1 N–H and O–H groups in total. The fraction of sp³-hybridized carbons (Fsp3) is 0.333. The number of para-hydroxylation sites is 1. The van der Waals surface area contributed by atoms with Crippen molar-refractivity contribution in [3.63, 3.8) is 0 Å². The lowest BCUT2D eigenvalue weighted by molar-refractivity contribution is -0.148. The van der Waals surface area contributed by atoms with Crippen LogP contribution in [0.2, 0.25) is 0 Å². The zero-order valence-corrected chi connectivity index (χ0v) is 19.9. The summed E-state index contributed by atoms with van der Waals surface area (Å²) in [5.74, 6) is -1.60. The number of carbonyl (C=O) groups excluding carboxylic acids is 1. The van der Waals surface area contributed by atoms with E-state index in [9.17, 15) is 14.7 Å². The molecule has 5 rings (SSSR count). The van der Waals surface area contributed by atoms with Crippen LogP contribution in [0.5, 0.6) is 0 Å². The highest BCUT2D eigenvalue weighted by Crippen LogP contribution is 2.35. The summed E-state index contributed by atoms with van der Waals surface area (Å²) in [5, 5.41) is 10.2. The van der Waals surface area contributed by atoms with Gasteiger partial charge in [0, 0.05) is 31.2 Å². The molecule has 2 unspecified atom stereocenters. The van der Waals surface area contributed by atoms with E-state index in [4.69, 9.17) is 0 Å². The van der Waals surface area contributed by atoms with Crippen LogP contribution >= 0.6 is 0 Å². The minimum Gasteiger partial charge on any atom is -0.480 e. The molecular formula is C30H32N2O3. The van der Waals surface area contributed by atoms with Crippen LogP contribution in [-0.4, -0.2) is 47.1 Å². The van der Waals surface area contributed by atoms with E-state index in [1.807, 2.05) is 60.7 Å². The average molecular weight is 469 g/mol. The van der Waals surface area contributed by atoms with Crippen molar-refractivity contribution in [2.45, 2.75) is 50.1 Å². The Labute approximate surface area is 207 Å². The summed E-state index contributed by atoms with van der Waals surface area (Å²) in [6.45, 7) is 1.30. The lowest BCUT2D eigenvalue weighted by Crippen LogP contribution is -2.44. The number of hydrogen-bond acceptors (Lipinski definition) is 3. The SMILES string of the molecule is O=C(O)C1CC(N2CCCCCc3ccccc32)CN1C(=O)C(c1ccccc1)c1ccccc1. The smallest absolute Gasteiger partial charge is 0.326 e. The van der Waals surface area contributed by atoms with Gasteiger partial charge in [-0.2, -0.15) is 0 Å². The summed E-state index contributed by atoms with van der Waals surface area (Å²) in [4.78, 5) is 30.5. The number of anilines is 1. The van der Waals surface area contributed by atoms with E-state index in [1.165, 1.54) is 17.7 Å². The standard InChI is InChI=1S/C30H32N2O3/c33-29(28(23-14-4-1-5-15-23)24-16-6-2-7-17-24)32-21-25(20-27(32)30(34)35)31-19-11-3-8-12-22-13-9-10-18-26(22)31/h1-2,4-7,9-10,13-18,25,27-28H,3,8,11-12,19-21H2,(H,34,35). The van der Waals surface area contributed by atoms with Crippen LogP contribution in [0.1, 0.15) is 48.3 Å². The van der Waals surface area contributed by atoms with Crippen molar-refractivity contribution in [1.82, 2.24) is 4.90 Å². The van der Waals surface area contributed by atoms with Gasteiger partial charge in [0.15, 0.2) is 0 Å². The second-order valence-corrected chi connectivity index (χ2v) is 9.62. The lowest BCUT2D eigenvalue weighted by atomic mass is 9.90. The van der Waals surface area contributed by atoms with Crippen molar-refractivity contribution >= 4 is 17.6 Å². The molecule has 0 bridgehead atoms. The molecule has 2 aliphatic heterocycles. The molecule has 2 atom stereocenters. The molecule has 1 fully saturated rings. The number of rotatable bonds is 5. The van der Waals surface area contributed by atoms with E-state index >= 15 is 0 Å². The molecule has 5 heteroatoms. The fourth-order valence-electron chi connectivity index (χ4n) is 5.73. The van der Waals surface area contributed by atoms with E-state index in [0.29, 0.717) is 13.0 Å². The Morgan fingerprint density at radius 3 is 2.09 bits per heavy atom. The number of nitrogens with zero attached hydrogens (tertiary/aromatic N) is 2. The first-order valence-electron chi connectivity index (χ1n) is 12.6. The highest BCUT2D eigenvalue weighted by atomic mass is 16.4. The minimum absolute atomic E-state index is 0.0218. The molecule has 0 saturated carbocycles. The quantitative estimate of drug-likeness (QED) is 0.566. The largest absolute Gasteiger partial charge is 0.480 e. The van der Waals surface area contributed by atoms with Gasteiger partial charge in [-0.05, 0) is 42.0 Å². The predicted molar refractivity (Wildman–Crippen MR) is 138 cm³/mol. The summed E-state index contributed by atoms with van der Waals surface area (Å²) in [5.41, 5.74) is 4.27. The van der Waals surface area contributed by atoms with Gasteiger partial charge >= 0.3 is 5.97 Å². The summed E-state index contributed by atoms with van der Waals surface area (Å²) >= 11 is 0. The van der Waals surface area contributed by atoms with Crippen molar-refractivity contribution in [2.24, 2.45) is 0 Å². The number of amides is 1. The van der Waals surface area contributed by atoms with E-state index in [-0.39, 0.29) is 11.9 Å². The molecular weight excluding hydrogens is 436 g/mol. The van der Waals surface area contributed by atoms with E-state index in [0.717, 1.165) is 36.9 Å². The van der Waals surface area contributed by atoms with Gasteiger partial charge in [0.2, 0.25) is 5.91 Å². The summed E-state index contributed by atoms with van der Waals surface area (Å²) in [7, 11) is 0. The highest BCUT2D eigenvalue weighted by Gasteiger charge is 2.44. The summed E-state index contributed by atoms with van der Waals surface area (Å²) < 4.78 is 0.